The van der Waals surface area contributed by atoms with Gasteiger partial charge in [-0.1, -0.05) is 31.5 Å². The molecule has 1 aliphatic rings. The first kappa shape index (κ1) is 30.7. The molecule has 0 aliphatic carbocycles. The van der Waals surface area contributed by atoms with Gasteiger partial charge in [-0.05, 0) is 61.1 Å². The van der Waals surface area contributed by atoms with Crippen molar-refractivity contribution >= 4 is 51.3 Å². The maximum absolute atomic E-state index is 12.6. The van der Waals surface area contributed by atoms with E-state index in [0.29, 0.717) is 35.8 Å². The summed E-state index contributed by atoms with van der Waals surface area (Å²) in [6.45, 7) is 4.57. The van der Waals surface area contributed by atoms with Crippen molar-refractivity contribution in [2.45, 2.75) is 84.6 Å². The summed E-state index contributed by atoms with van der Waals surface area (Å²) < 4.78 is 2.19. The number of ketones is 1. The number of rotatable bonds is 13. The van der Waals surface area contributed by atoms with Crippen LogP contribution in [0.4, 0.5) is 5.82 Å². The predicted molar refractivity (Wildman–Crippen MR) is 164 cm³/mol. The van der Waals surface area contributed by atoms with E-state index in [-0.39, 0.29) is 43.6 Å². The van der Waals surface area contributed by atoms with Crippen LogP contribution < -0.4 is 5.73 Å². The lowest BCUT2D eigenvalue weighted by Gasteiger charge is -2.13. The molecule has 0 saturated carbocycles. The second-order valence-corrected chi connectivity index (χ2v) is 11.3. The molecule has 230 valence electrons. The molecule has 0 unspecified atom stereocenters. The van der Waals surface area contributed by atoms with Gasteiger partial charge in [0.15, 0.2) is 5.82 Å². The van der Waals surface area contributed by atoms with Crippen LogP contribution in [-0.2, 0) is 43.4 Å². The van der Waals surface area contributed by atoms with Crippen LogP contribution >= 0.6 is 0 Å². The summed E-state index contributed by atoms with van der Waals surface area (Å²) in [6.07, 6.45) is 4.06. The Labute approximate surface area is 255 Å². The molecule has 2 amide bonds. The first-order valence-electron chi connectivity index (χ1n) is 15.1. The highest BCUT2D eigenvalue weighted by molar-refractivity contribution is 6.07. The Morgan fingerprint density at radius 2 is 1.70 bits per heavy atom. The molecule has 11 heteroatoms. The summed E-state index contributed by atoms with van der Waals surface area (Å²) in [5.41, 5.74) is 11.5. The Morgan fingerprint density at radius 1 is 0.955 bits per heavy atom. The molecule has 2 aromatic heterocycles. The normalized spacial score (nSPS) is 13.4. The largest absolute Gasteiger partial charge is 0.508 e. The number of phenolic OH excluding ortho intramolecular Hbond substituents is 1. The summed E-state index contributed by atoms with van der Waals surface area (Å²) in [4.78, 5) is 62.3. The molecule has 1 aliphatic heterocycles. The molecule has 3 N–H and O–H groups in total. The zero-order valence-corrected chi connectivity index (χ0v) is 25.1. The molecule has 0 bridgehead atoms. The lowest BCUT2D eigenvalue weighted by molar-refractivity contribution is -0.197. The molecule has 3 heterocycles. The van der Waals surface area contributed by atoms with E-state index in [0.717, 1.165) is 58.2 Å². The number of imidazole rings is 1. The van der Waals surface area contributed by atoms with Gasteiger partial charge in [0.1, 0.15) is 22.9 Å². The smallest absolute Gasteiger partial charge is 0.333 e. The number of fused-ring (bicyclic) bond motifs is 3. The topological polar surface area (TPSA) is 158 Å². The molecule has 0 spiro atoms. The monoisotopic (exact) mass is 599 g/mol. The van der Waals surface area contributed by atoms with Gasteiger partial charge in [0.2, 0.25) is 0 Å². The fourth-order valence-corrected chi connectivity index (χ4v) is 5.50. The maximum Gasteiger partial charge on any atom is 0.333 e. The average molecular weight is 600 g/mol. The highest BCUT2D eigenvalue weighted by atomic mass is 16.7. The van der Waals surface area contributed by atoms with Crippen LogP contribution in [-0.4, -0.2) is 48.3 Å². The molecular formula is C33H37N5O6. The quantitative estimate of drug-likeness (QED) is 0.205. The van der Waals surface area contributed by atoms with Gasteiger partial charge in [0, 0.05) is 50.5 Å². The number of hydrogen-bond acceptors (Lipinski definition) is 9. The SMILES string of the molecule is CCCCc1nc2c(N)nc3ccc(CCC(=O)CCCC(=O)ON4C(=O)CCC4=O)cc3c2n1Cc1ccc(O)c(C)c1. The Balaban J connectivity index is 1.32. The van der Waals surface area contributed by atoms with E-state index in [1.54, 1.807) is 6.07 Å². The summed E-state index contributed by atoms with van der Waals surface area (Å²) >= 11 is 0. The number of anilines is 1. The number of nitrogens with two attached hydrogens (primary N) is 1. The Kier molecular flexibility index (Phi) is 9.22. The van der Waals surface area contributed by atoms with Gasteiger partial charge in [-0.3, -0.25) is 14.4 Å². The minimum absolute atomic E-state index is 0.00129. The molecular weight excluding hydrogens is 562 g/mol. The van der Waals surface area contributed by atoms with Crippen LogP contribution in [0, 0.1) is 6.92 Å². The molecule has 1 saturated heterocycles. The van der Waals surface area contributed by atoms with Crippen LogP contribution in [0.25, 0.3) is 21.9 Å². The van der Waals surface area contributed by atoms with Gasteiger partial charge in [0.05, 0.1) is 11.0 Å². The minimum atomic E-state index is -0.705. The van der Waals surface area contributed by atoms with Crippen molar-refractivity contribution in [2.75, 3.05) is 5.73 Å². The van der Waals surface area contributed by atoms with E-state index in [1.165, 1.54) is 0 Å². The van der Waals surface area contributed by atoms with Crippen molar-refractivity contribution in [3.05, 3.63) is 58.9 Å². The molecule has 0 radical (unpaired) electrons. The number of phenols is 1. The summed E-state index contributed by atoms with van der Waals surface area (Å²) in [6, 6.07) is 11.5. The van der Waals surface area contributed by atoms with Crippen molar-refractivity contribution in [1.82, 2.24) is 19.6 Å². The van der Waals surface area contributed by atoms with Gasteiger partial charge < -0.3 is 20.2 Å². The number of aryl methyl sites for hydroxylation is 3. The summed E-state index contributed by atoms with van der Waals surface area (Å²) in [7, 11) is 0. The lowest BCUT2D eigenvalue weighted by Crippen LogP contribution is -2.32. The van der Waals surface area contributed by atoms with E-state index in [9.17, 15) is 24.3 Å². The average Bonchev–Trinajstić information content (AvgIpc) is 3.52. The van der Waals surface area contributed by atoms with Gasteiger partial charge in [-0.2, -0.15) is 0 Å². The van der Waals surface area contributed by atoms with Crippen LogP contribution in [0.5, 0.6) is 5.75 Å². The van der Waals surface area contributed by atoms with E-state index < -0.39 is 17.8 Å². The highest BCUT2D eigenvalue weighted by Gasteiger charge is 2.32. The fourth-order valence-electron chi connectivity index (χ4n) is 5.50. The summed E-state index contributed by atoms with van der Waals surface area (Å²) in [5, 5.41) is 11.5. The molecule has 0 atom stereocenters. The molecule has 5 rings (SSSR count). The second-order valence-electron chi connectivity index (χ2n) is 11.3. The maximum atomic E-state index is 12.6. The van der Waals surface area contributed by atoms with Crippen LogP contribution in [0.2, 0.25) is 0 Å². The number of amides is 2. The van der Waals surface area contributed by atoms with Gasteiger partial charge in [0.25, 0.3) is 11.8 Å². The minimum Gasteiger partial charge on any atom is -0.508 e. The molecule has 11 nitrogen and oxygen atoms in total. The number of unbranched alkanes of at least 4 members (excludes halogenated alkanes) is 1. The van der Waals surface area contributed by atoms with Crippen LogP contribution in [0.3, 0.4) is 0 Å². The van der Waals surface area contributed by atoms with Crippen molar-refractivity contribution in [1.29, 1.82) is 0 Å². The number of hydrogen-bond donors (Lipinski definition) is 2. The van der Waals surface area contributed by atoms with Crippen molar-refractivity contribution < 1.29 is 29.1 Å². The van der Waals surface area contributed by atoms with E-state index >= 15 is 0 Å². The van der Waals surface area contributed by atoms with Crippen molar-refractivity contribution in [2.24, 2.45) is 0 Å². The number of carbonyl (C=O) groups excluding carboxylic acids is 4. The van der Waals surface area contributed by atoms with Crippen LogP contribution in [0.1, 0.15) is 80.8 Å². The number of nitrogens with zero attached hydrogens (tertiary/aromatic N) is 4. The lowest BCUT2D eigenvalue weighted by atomic mass is 10.0. The zero-order chi connectivity index (χ0) is 31.4. The zero-order valence-electron chi connectivity index (χ0n) is 25.1. The number of benzene rings is 2. The number of hydroxylamine groups is 2. The summed E-state index contributed by atoms with van der Waals surface area (Å²) in [5.74, 6) is -0.215. The number of nitrogen functional groups attached to an aromatic ring is 1. The Morgan fingerprint density at radius 3 is 2.43 bits per heavy atom. The molecule has 1 fully saturated rings. The number of Topliss-reactive ketones (excluding diaryl/α,β-unsaturated/α-hetero) is 1. The highest BCUT2D eigenvalue weighted by Crippen LogP contribution is 2.31. The third-order valence-corrected chi connectivity index (χ3v) is 7.93. The number of carbonyl (C=O) groups is 4. The number of aromatic hydroxyl groups is 1. The third kappa shape index (κ3) is 6.72. The van der Waals surface area contributed by atoms with Gasteiger partial charge >= 0.3 is 5.97 Å². The number of aromatic nitrogens is 3. The second kappa shape index (κ2) is 13.2. The van der Waals surface area contributed by atoms with E-state index in [2.05, 4.69) is 16.5 Å². The third-order valence-electron chi connectivity index (χ3n) is 7.93. The molecule has 4 aromatic rings. The van der Waals surface area contributed by atoms with Gasteiger partial charge in [-0.15, -0.1) is 5.06 Å². The van der Waals surface area contributed by atoms with Gasteiger partial charge in [-0.25, -0.2) is 14.8 Å². The van der Waals surface area contributed by atoms with E-state index in [4.69, 9.17) is 15.6 Å². The first-order valence-corrected chi connectivity index (χ1v) is 15.1. The van der Waals surface area contributed by atoms with E-state index in [1.807, 2.05) is 37.3 Å². The molecule has 2 aromatic carbocycles. The Hall–Kier alpha value is -4.80. The molecule has 44 heavy (non-hydrogen) atoms. The van der Waals surface area contributed by atoms with Crippen molar-refractivity contribution in [3.8, 4) is 5.75 Å². The Bertz CT molecular complexity index is 1740. The fraction of sp³-hybridized carbons (Fsp3) is 0.394. The standard InChI is InChI=1S/C33H37N5O6/c1-3-4-7-27-36-31-32(37(27)19-22-11-14-26(40)20(2)17-22)24-18-21(10-13-25(24)35-33(31)34)9-12-23(39)6-5-8-30(43)44-38-28(41)15-16-29(38)42/h10-11,13-14,17-18,40H,3-9,12,15-16,19H2,1-2H3,(H2,34,35). The number of pyridine rings is 1. The number of imide groups is 1. The first-order chi connectivity index (χ1) is 21.1. The van der Waals surface area contributed by atoms with Crippen LogP contribution in [0.15, 0.2) is 36.4 Å². The van der Waals surface area contributed by atoms with Crippen molar-refractivity contribution in [3.63, 3.8) is 0 Å². The predicted octanol–water partition coefficient (Wildman–Crippen LogP) is 4.85.